The SMILES string of the molecule is CC(OC(=O)c1cc(Cl)ccc1Cl)C(=O)NC1(C#N)CCCCC1. The van der Waals surface area contributed by atoms with Crippen LogP contribution in [0.25, 0.3) is 0 Å². The average molecular weight is 369 g/mol. The average Bonchev–Trinajstić information content (AvgIpc) is 2.57. The lowest BCUT2D eigenvalue weighted by Gasteiger charge is -2.32. The highest BCUT2D eigenvalue weighted by molar-refractivity contribution is 6.35. The van der Waals surface area contributed by atoms with Crippen LogP contribution in [-0.2, 0) is 9.53 Å². The number of amides is 1. The maximum absolute atomic E-state index is 12.3. The normalized spacial score (nSPS) is 17.4. The number of halogens is 2. The fourth-order valence-corrected chi connectivity index (χ4v) is 3.06. The quantitative estimate of drug-likeness (QED) is 0.817. The van der Waals surface area contributed by atoms with Crippen LogP contribution in [0.15, 0.2) is 18.2 Å². The van der Waals surface area contributed by atoms with Gasteiger partial charge in [-0.15, -0.1) is 0 Å². The van der Waals surface area contributed by atoms with Crippen LogP contribution in [0.3, 0.4) is 0 Å². The number of hydrogen-bond acceptors (Lipinski definition) is 4. The van der Waals surface area contributed by atoms with Crippen molar-refractivity contribution in [1.29, 1.82) is 5.26 Å². The number of nitriles is 1. The molecule has 2 rings (SSSR count). The Morgan fingerprint density at radius 2 is 1.96 bits per heavy atom. The number of ether oxygens (including phenoxy) is 1. The lowest BCUT2D eigenvalue weighted by Crippen LogP contribution is -2.52. The van der Waals surface area contributed by atoms with Gasteiger partial charge in [0, 0.05) is 5.02 Å². The van der Waals surface area contributed by atoms with Crippen molar-refractivity contribution in [3.8, 4) is 6.07 Å². The highest BCUT2D eigenvalue weighted by atomic mass is 35.5. The molecule has 1 fully saturated rings. The summed E-state index contributed by atoms with van der Waals surface area (Å²) < 4.78 is 5.16. The second-order valence-electron chi connectivity index (χ2n) is 5.92. The minimum Gasteiger partial charge on any atom is -0.449 e. The lowest BCUT2D eigenvalue weighted by molar-refractivity contribution is -0.130. The Morgan fingerprint density at radius 1 is 1.29 bits per heavy atom. The van der Waals surface area contributed by atoms with E-state index in [4.69, 9.17) is 27.9 Å². The largest absolute Gasteiger partial charge is 0.449 e. The minimum atomic E-state index is -1.04. The van der Waals surface area contributed by atoms with E-state index < -0.39 is 23.5 Å². The molecule has 0 aromatic heterocycles. The first-order valence-electron chi connectivity index (χ1n) is 7.76. The molecular weight excluding hydrogens is 351 g/mol. The van der Waals surface area contributed by atoms with E-state index in [9.17, 15) is 14.9 Å². The molecule has 1 aromatic rings. The predicted molar refractivity (Wildman–Crippen MR) is 90.9 cm³/mol. The van der Waals surface area contributed by atoms with Gasteiger partial charge in [0.2, 0.25) is 0 Å². The summed E-state index contributed by atoms with van der Waals surface area (Å²) in [6, 6.07) is 6.61. The Kier molecular flexibility index (Phi) is 6.09. The molecule has 1 saturated carbocycles. The van der Waals surface area contributed by atoms with E-state index in [-0.39, 0.29) is 10.6 Å². The Morgan fingerprint density at radius 3 is 2.58 bits per heavy atom. The van der Waals surface area contributed by atoms with Gasteiger partial charge in [0.1, 0.15) is 5.54 Å². The van der Waals surface area contributed by atoms with Crippen LogP contribution in [0.5, 0.6) is 0 Å². The van der Waals surface area contributed by atoms with Gasteiger partial charge < -0.3 is 10.1 Å². The number of carbonyl (C=O) groups is 2. The van der Waals surface area contributed by atoms with E-state index in [2.05, 4.69) is 11.4 Å². The molecule has 1 amide bonds. The summed E-state index contributed by atoms with van der Waals surface area (Å²) in [5.41, 5.74) is -0.777. The van der Waals surface area contributed by atoms with Gasteiger partial charge in [-0.1, -0.05) is 42.5 Å². The maximum atomic E-state index is 12.3. The van der Waals surface area contributed by atoms with Crippen LogP contribution in [0.2, 0.25) is 10.0 Å². The van der Waals surface area contributed by atoms with Crippen molar-refractivity contribution in [3.05, 3.63) is 33.8 Å². The van der Waals surface area contributed by atoms with Crippen LogP contribution < -0.4 is 5.32 Å². The highest BCUT2D eigenvalue weighted by Crippen LogP contribution is 2.28. The van der Waals surface area contributed by atoms with E-state index in [1.807, 2.05) is 0 Å². The molecule has 0 spiro atoms. The van der Waals surface area contributed by atoms with E-state index in [1.54, 1.807) is 6.07 Å². The standard InChI is InChI=1S/C17H18Cl2N2O3/c1-11(15(22)21-17(10-20)7-3-2-4-8-17)24-16(23)13-9-12(18)5-6-14(13)19/h5-6,9,11H,2-4,7-8H2,1H3,(H,21,22). The van der Waals surface area contributed by atoms with E-state index in [1.165, 1.54) is 19.1 Å². The summed E-state index contributed by atoms with van der Waals surface area (Å²) in [7, 11) is 0. The maximum Gasteiger partial charge on any atom is 0.340 e. The van der Waals surface area contributed by atoms with Gasteiger partial charge in [0.15, 0.2) is 6.10 Å². The Balaban J connectivity index is 2.02. The molecule has 5 nitrogen and oxygen atoms in total. The second-order valence-corrected chi connectivity index (χ2v) is 6.76. The number of hydrogen-bond donors (Lipinski definition) is 1. The molecule has 1 aromatic carbocycles. The molecule has 1 aliphatic carbocycles. The molecule has 7 heteroatoms. The number of nitrogens with one attached hydrogen (secondary N) is 1. The van der Waals surface area contributed by atoms with Gasteiger partial charge in [0.05, 0.1) is 16.7 Å². The number of esters is 1. The molecule has 0 aliphatic heterocycles. The molecule has 0 bridgehead atoms. The van der Waals surface area contributed by atoms with Gasteiger partial charge in [-0.3, -0.25) is 4.79 Å². The first-order valence-corrected chi connectivity index (χ1v) is 8.52. The van der Waals surface area contributed by atoms with E-state index in [0.29, 0.717) is 17.9 Å². The second kappa shape index (κ2) is 7.87. The zero-order valence-corrected chi connectivity index (χ0v) is 14.8. The van der Waals surface area contributed by atoms with E-state index in [0.717, 1.165) is 19.3 Å². The summed E-state index contributed by atoms with van der Waals surface area (Å²) in [4.78, 5) is 24.5. The molecule has 128 valence electrons. The fourth-order valence-electron chi connectivity index (χ4n) is 2.69. The summed E-state index contributed by atoms with van der Waals surface area (Å²) in [6.45, 7) is 1.46. The third kappa shape index (κ3) is 4.40. The first kappa shape index (κ1) is 18.6. The molecule has 24 heavy (non-hydrogen) atoms. The summed E-state index contributed by atoms with van der Waals surface area (Å²) in [6.07, 6.45) is 3.00. The minimum absolute atomic E-state index is 0.0940. The van der Waals surface area contributed by atoms with Crippen LogP contribution >= 0.6 is 23.2 Å². The Bertz CT molecular complexity index is 679. The predicted octanol–water partition coefficient (Wildman–Crippen LogP) is 3.88. The van der Waals surface area contributed by atoms with Crippen molar-refractivity contribution in [2.24, 2.45) is 0 Å². The summed E-state index contributed by atoms with van der Waals surface area (Å²) >= 11 is 11.8. The van der Waals surface area contributed by atoms with Crippen molar-refractivity contribution in [2.75, 3.05) is 0 Å². The van der Waals surface area contributed by atoms with Crippen LogP contribution in [0.1, 0.15) is 49.4 Å². The number of carbonyl (C=O) groups excluding carboxylic acids is 2. The van der Waals surface area contributed by atoms with E-state index >= 15 is 0 Å². The third-order valence-corrected chi connectivity index (χ3v) is 4.65. The van der Waals surface area contributed by atoms with Gasteiger partial charge in [-0.05, 0) is 38.0 Å². The molecule has 0 saturated heterocycles. The zero-order chi connectivity index (χ0) is 17.7. The fraction of sp³-hybridized carbons (Fsp3) is 0.471. The molecule has 0 heterocycles. The van der Waals surface area contributed by atoms with Gasteiger partial charge in [-0.2, -0.15) is 5.26 Å². The van der Waals surface area contributed by atoms with Crippen LogP contribution in [-0.4, -0.2) is 23.5 Å². The van der Waals surface area contributed by atoms with Gasteiger partial charge >= 0.3 is 5.97 Å². The first-order chi connectivity index (χ1) is 11.4. The van der Waals surface area contributed by atoms with Crippen LogP contribution in [0.4, 0.5) is 0 Å². The summed E-state index contributed by atoms with van der Waals surface area (Å²) in [5.74, 6) is -1.23. The van der Waals surface area contributed by atoms with Crippen molar-refractivity contribution in [3.63, 3.8) is 0 Å². The number of nitrogens with zero attached hydrogens (tertiary/aromatic N) is 1. The van der Waals surface area contributed by atoms with Gasteiger partial charge in [-0.25, -0.2) is 4.79 Å². The Hall–Kier alpha value is -1.77. The lowest BCUT2D eigenvalue weighted by atomic mass is 9.83. The third-order valence-electron chi connectivity index (χ3n) is 4.08. The number of rotatable bonds is 4. The number of benzene rings is 1. The zero-order valence-electron chi connectivity index (χ0n) is 13.3. The van der Waals surface area contributed by atoms with Crippen molar-refractivity contribution >= 4 is 35.1 Å². The molecule has 1 unspecified atom stereocenters. The Labute approximate surface area is 150 Å². The monoisotopic (exact) mass is 368 g/mol. The molecule has 1 aliphatic rings. The van der Waals surface area contributed by atoms with Crippen LogP contribution in [0, 0.1) is 11.3 Å². The van der Waals surface area contributed by atoms with Crippen molar-refractivity contribution in [1.82, 2.24) is 5.32 Å². The summed E-state index contributed by atoms with van der Waals surface area (Å²) in [5, 5.41) is 12.7. The molecule has 1 atom stereocenters. The smallest absolute Gasteiger partial charge is 0.340 e. The van der Waals surface area contributed by atoms with Crippen molar-refractivity contribution < 1.29 is 14.3 Å². The topological polar surface area (TPSA) is 79.2 Å². The highest BCUT2D eigenvalue weighted by Gasteiger charge is 2.35. The molecule has 0 radical (unpaired) electrons. The molecular formula is C17H18Cl2N2O3. The van der Waals surface area contributed by atoms with Gasteiger partial charge in [0.25, 0.3) is 5.91 Å². The van der Waals surface area contributed by atoms with Crippen molar-refractivity contribution in [2.45, 2.75) is 50.7 Å². The molecule has 1 N–H and O–H groups in total.